The van der Waals surface area contributed by atoms with Crippen LogP contribution in [-0.4, -0.2) is 37.5 Å². The fourth-order valence-electron chi connectivity index (χ4n) is 4.93. The lowest BCUT2D eigenvalue weighted by atomic mass is 10.0. The molecule has 0 aliphatic rings. The Balaban J connectivity index is 1.16. The second-order valence-electron chi connectivity index (χ2n) is 11.1. The lowest BCUT2D eigenvalue weighted by Gasteiger charge is -2.33. The minimum atomic E-state index is -1.01. The number of furan rings is 2. The summed E-state index contributed by atoms with van der Waals surface area (Å²) in [5, 5.41) is 2.93. The molecule has 0 amide bonds. The SMILES string of the molecule is CC(=O)OC(COc1c2occc2cc2ccc(=O)oc12)C(C)(C)OC/C(C)=C/COc1c2occc2cc2ccc(=O)oc12. The van der Waals surface area contributed by atoms with E-state index in [2.05, 4.69) is 0 Å². The summed E-state index contributed by atoms with van der Waals surface area (Å²) in [6, 6.07) is 13.3. The van der Waals surface area contributed by atoms with Crippen molar-refractivity contribution in [3.8, 4) is 11.5 Å². The van der Waals surface area contributed by atoms with Gasteiger partial charge in [0, 0.05) is 40.6 Å². The van der Waals surface area contributed by atoms with Gasteiger partial charge in [-0.25, -0.2) is 9.59 Å². The molecule has 11 nitrogen and oxygen atoms in total. The summed E-state index contributed by atoms with van der Waals surface area (Å²) >= 11 is 0. The average Bonchev–Trinajstić information content (AvgIpc) is 3.67. The van der Waals surface area contributed by atoms with Gasteiger partial charge in [-0.2, -0.15) is 0 Å². The van der Waals surface area contributed by atoms with Crippen LogP contribution >= 0.6 is 0 Å². The lowest BCUT2D eigenvalue weighted by Crippen LogP contribution is -2.46. The van der Waals surface area contributed by atoms with Crippen molar-refractivity contribution in [2.75, 3.05) is 19.8 Å². The van der Waals surface area contributed by atoms with Crippen LogP contribution < -0.4 is 20.7 Å². The number of rotatable bonds is 11. The van der Waals surface area contributed by atoms with Gasteiger partial charge in [0.25, 0.3) is 0 Å². The van der Waals surface area contributed by atoms with Crippen molar-refractivity contribution in [3.63, 3.8) is 0 Å². The molecule has 0 radical (unpaired) electrons. The van der Waals surface area contributed by atoms with Crippen LogP contribution in [0.5, 0.6) is 11.5 Å². The van der Waals surface area contributed by atoms with E-state index in [1.54, 1.807) is 44.4 Å². The van der Waals surface area contributed by atoms with E-state index in [1.807, 2.05) is 25.1 Å². The summed E-state index contributed by atoms with van der Waals surface area (Å²) in [5.74, 6) is 0.0401. The molecule has 1 atom stereocenters. The molecular weight excluding hydrogens is 584 g/mol. The van der Waals surface area contributed by atoms with Crippen molar-refractivity contribution in [2.24, 2.45) is 0 Å². The van der Waals surface area contributed by atoms with Crippen LogP contribution in [0.2, 0.25) is 0 Å². The molecule has 0 aliphatic heterocycles. The zero-order valence-electron chi connectivity index (χ0n) is 25.0. The van der Waals surface area contributed by atoms with Gasteiger partial charge in [-0.1, -0.05) is 0 Å². The molecule has 232 valence electrons. The third-order valence-electron chi connectivity index (χ3n) is 7.36. The van der Waals surface area contributed by atoms with Gasteiger partial charge in [0.15, 0.2) is 28.4 Å². The number of carbonyl (C=O) groups excluding carboxylic acids is 1. The molecule has 0 fully saturated rings. The summed E-state index contributed by atoms with van der Waals surface area (Å²) in [6.07, 6.45) is 4.04. The first-order valence-electron chi connectivity index (χ1n) is 14.2. The van der Waals surface area contributed by atoms with E-state index < -0.39 is 28.9 Å². The van der Waals surface area contributed by atoms with E-state index in [-0.39, 0.29) is 31.2 Å². The molecule has 1 unspecified atom stereocenters. The molecule has 4 heterocycles. The Hall–Kier alpha value is -5.29. The smallest absolute Gasteiger partial charge is 0.336 e. The molecule has 2 aromatic carbocycles. The Morgan fingerprint density at radius 3 is 1.87 bits per heavy atom. The third kappa shape index (κ3) is 6.20. The zero-order chi connectivity index (χ0) is 31.7. The molecular formula is C34H30O11. The molecule has 0 aliphatic carbocycles. The maximum absolute atomic E-state index is 12.1. The van der Waals surface area contributed by atoms with Gasteiger partial charge in [-0.3, -0.25) is 4.79 Å². The Kier molecular flexibility index (Phi) is 7.94. The molecule has 0 saturated carbocycles. The first-order valence-corrected chi connectivity index (χ1v) is 14.2. The van der Waals surface area contributed by atoms with E-state index in [1.165, 1.54) is 25.3 Å². The van der Waals surface area contributed by atoms with Gasteiger partial charge in [-0.15, -0.1) is 0 Å². The number of benzene rings is 2. The highest BCUT2D eigenvalue weighted by Gasteiger charge is 2.35. The summed E-state index contributed by atoms with van der Waals surface area (Å²) in [6.45, 7) is 6.95. The maximum Gasteiger partial charge on any atom is 0.336 e. The van der Waals surface area contributed by atoms with E-state index in [0.717, 1.165) is 16.3 Å². The Morgan fingerprint density at radius 2 is 1.31 bits per heavy atom. The number of carbonyl (C=O) groups is 1. The van der Waals surface area contributed by atoms with Gasteiger partial charge in [-0.05, 0) is 68.8 Å². The molecule has 45 heavy (non-hydrogen) atoms. The average molecular weight is 615 g/mol. The van der Waals surface area contributed by atoms with Crippen molar-refractivity contribution < 1.29 is 41.4 Å². The van der Waals surface area contributed by atoms with Crippen LogP contribution in [0.4, 0.5) is 0 Å². The summed E-state index contributed by atoms with van der Waals surface area (Å²) in [4.78, 5) is 36.0. The number of esters is 1. The summed E-state index contributed by atoms with van der Waals surface area (Å²) in [5.41, 5.74) is 0.186. The predicted octanol–water partition coefficient (Wildman–Crippen LogP) is 6.52. The molecule has 0 saturated heterocycles. The highest BCUT2D eigenvalue weighted by Crippen LogP contribution is 2.36. The molecule has 0 bridgehead atoms. The first kappa shape index (κ1) is 29.8. The van der Waals surface area contributed by atoms with Gasteiger partial charge in [0.05, 0.1) is 19.1 Å². The fraction of sp³-hybridized carbons (Fsp3) is 0.265. The monoisotopic (exact) mass is 614 g/mol. The van der Waals surface area contributed by atoms with E-state index in [0.29, 0.717) is 33.3 Å². The van der Waals surface area contributed by atoms with E-state index in [4.69, 9.17) is 36.6 Å². The minimum Gasteiger partial charge on any atom is -0.482 e. The van der Waals surface area contributed by atoms with Crippen molar-refractivity contribution in [3.05, 3.63) is 93.5 Å². The van der Waals surface area contributed by atoms with Crippen molar-refractivity contribution in [1.29, 1.82) is 0 Å². The topological polar surface area (TPSA) is 141 Å². The first-order chi connectivity index (χ1) is 21.6. The van der Waals surface area contributed by atoms with Crippen molar-refractivity contribution >= 4 is 49.8 Å². The van der Waals surface area contributed by atoms with Gasteiger partial charge >= 0.3 is 17.2 Å². The largest absolute Gasteiger partial charge is 0.482 e. The molecule has 6 rings (SSSR count). The number of ether oxygens (including phenoxy) is 4. The molecule has 6 aromatic rings. The van der Waals surface area contributed by atoms with E-state index >= 15 is 0 Å². The molecule has 11 heteroatoms. The van der Waals surface area contributed by atoms with Crippen LogP contribution in [0.15, 0.2) is 100.0 Å². The van der Waals surface area contributed by atoms with Crippen LogP contribution in [0.3, 0.4) is 0 Å². The normalized spacial score (nSPS) is 13.1. The van der Waals surface area contributed by atoms with Crippen molar-refractivity contribution in [2.45, 2.75) is 39.4 Å². The zero-order valence-corrected chi connectivity index (χ0v) is 25.0. The minimum absolute atomic E-state index is 0.114. The Bertz CT molecular complexity index is 2170. The standard InChI is InChI=1S/C34H30O11/c1-19(9-12-40-32-28-23(10-13-38-28)15-21-5-7-26(36)44-30(21)32)17-42-34(3,4)25(43-20(2)35)18-41-33-29-24(11-14-39-29)16-22-6-8-27(37)45-31(22)33/h5-11,13-16,25H,12,17-18H2,1-4H3/b19-9+. The Morgan fingerprint density at radius 1 is 0.778 bits per heavy atom. The highest BCUT2D eigenvalue weighted by atomic mass is 16.6. The summed E-state index contributed by atoms with van der Waals surface area (Å²) < 4.78 is 46.1. The fourth-order valence-corrected chi connectivity index (χ4v) is 4.93. The lowest BCUT2D eigenvalue weighted by molar-refractivity contribution is -0.169. The second kappa shape index (κ2) is 12.0. The van der Waals surface area contributed by atoms with Crippen LogP contribution in [0.1, 0.15) is 27.7 Å². The van der Waals surface area contributed by atoms with Crippen LogP contribution in [-0.2, 0) is 14.3 Å². The molecule has 0 N–H and O–H groups in total. The molecule has 0 spiro atoms. The maximum atomic E-state index is 12.1. The third-order valence-corrected chi connectivity index (χ3v) is 7.36. The van der Waals surface area contributed by atoms with Crippen LogP contribution in [0, 0.1) is 0 Å². The Labute approximate surface area is 255 Å². The van der Waals surface area contributed by atoms with Crippen molar-refractivity contribution in [1.82, 2.24) is 0 Å². The summed E-state index contributed by atoms with van der Waals surface area (Å²) in [7, 11) is 0. The van der Waals surface area contributed by atoms with E-state index in [9.17, 15) is 14.4 Å². The molecule has 4 aromatic heterocycles. The number of hydrogen-bond donors (Lipinski definition) is 0. The number of hydrogen-bond acceptors (Lipinski definition) is 11. The predicted molar refractivity (Wildman–Crippen MR) is 165 cm³/mol. The van der Waals surface area contributed by atoms with Crippen LogP contribution in [0.25, 0.3) is 43.9 Å². The van der Waals surface area contributed by atoms with Gasteiger partial charge in [0.1, 0.15) is 18.8 Å². The van der Waals surface area contributed by atoms with Gasteiger partial charge < -0.3 is 36.6 Å². The second-order valence-corrected chi connectivity index (χ2v) is 11.1. The number of fused-ring (bicyclic) bond motifs is 4. The highest BCUT2D eigenvalue weighted by molar-refractivity contribution is 6.00. The van der Waals surface area contributed by atoms with Gasteiger partial charge in [0.2, 0.25) is 11.5 Å². The quantitative estimate of drug-likeness (QED) is 0.0894.